The number of methoxy groups -OCH3 is 2. The van der Waals surface area contributed by atoms with E-state index in [-0.39, 0.29) is 38.3 Å². The fraction of sp³-hybridized carbons (Fsp3) is 0.800. The van der Waals surface area contributed by atoms with Gasteiger partial charge in [0.05, 0.1) is 27.4 Å². The van der Waals surface area contributed by atoms with Crippen molar-refractivity contribution in [1.29, 1.82) is 0 Å². The Labute approximate surface area is 172 Å². The minimum atomic E-state index is -0.971. The van der Waals surface area contributed by atoms with E-state index in [1.54, 1.807) is 13.8 Å². The van der Waals surface area contributed by atoms with Crippen LogP contribution in [-0.2, 0) is 42.9 Å². The third-order valence-electron chi connectivity index (χ3n) is 4.79. The Morgan fingerprint density at radius 2 is 0.966 bits per heavy atom. The summed E-state index contributed by atoms with van der Waals surface area (Å²) in [5, 5.41) is 0. The summed E-state index contributed by atoms with van der Waals surface area (Å²) < 4.78 is 24.7. The highest BCUT2D eigenvalue weighted by atomic mass is 16.6. The highest BCUT2D eigenvalue weighted by molar-refractivity contribution is 5.95. The van der Waals surface area contributed by atoms with Crippen LogP contribution in [-0.4, -0.2) is 64.5 Å². The van der Waals surface area contributed by atoms with E-state index in [1.165, 1.54) is 14.2 Å². The number of hydrogen-bond acceptors (Lipinski definition) is 9. The van der Waals surface area contributed by atoms with Gasteiger partial charge in [0.25, 0.3) is 0 Å². The summed E-state index contributed by atoms with van der Waals surface area (Å²) >= 11 is 0. The molecule has 0 bridgehead atoms. The number of carbonyl (C=O) groups is 4. The van der Waals surface area contributed by atoms with Crippen LogP contribution in [0.1, 0.15) is 40.5 Å². The second kappa shape index (κ2) is 14.8. The molecule has 0 fully saturated rings. The van der Waals surface area contributed by atoms with Gasteiger partial charge in [0.1, 0.15) is 13.2 Å². The van der Waals surface area contributed by atoms with Crippen LogP contribution in [0.5, 0.6) is 0 Å². The van der Waals surface area contributed by atoms with Crippen molar-refractivity contribution in [2.45, 2.75) is 40.5 Å². The van der Waals surface area contributed by atoms with E-state index in [4.69, 9.17) is 14.2 Å². The Morgan fingerprint density at radius 1 is 0.621 bits per heavy atom. The van der Waals surface area contributed by atoms with Gasteiger partial charge in [-0.25, -0.2) is 0 Å². The van der Waals surface area contributed by atoms with Gasteiger partial charge in [-0.15, -0.1) is 0 Å². The maximum atomic E-state index is 12.1. The average Bonchev–Trinajstić information content (AvgIpc) is 2.72. The zero-order valence-corrected chi connectivity index (χ0v) is 18.2. The molecule has 0 radical (unpaired) electrons. The number of ether oxygens (including phenoxy) is 5. The molecule has 168 valence electrons. The van der Waals surface area contributed by atoms with Crippen molar-refractivity contribution in [2.75, 3.05) is 40.6 Å². The van der Waals surface area contributed by atoms with Crippen molar-refractivity contribution in [3.05, 3.63) is 0 Å². The van der Waals surface area contributed by atoms with E-state index in [9.17, 15) is 19.2 Å². The molecule has 0 rings (SSSR count). The summed E-state index contributed by atoms with van der Waals surface area (Å²) in [6.45, 7) is 7.33. The third kappa shape index (κ3) is 9.25. The molecular formula is C20H34O9. The van der Waals surface area contributed by atoms with Gasteiger partial charge in [-0.2, -0.15) is 0 Å². The monoisotopic (exact) mass is 418 g/mol. The van der Waals surface area contributed by atoms with Gasteiger partial charge >= 0.3 is 23.9 Å². The zero-order valence-electron chi connectivity index (χ0n) is 18.2. The quantitative estimate of drug-likeness (QED) is 0.180. The minimum Gasteiger partial charge on any atom is -0.468 e. The third-order valence-corrected chi connectivity index (χ3v) is 4.79. The summed E-state index contributed by atoms with van der Waals surface area (Å²) in [5.41, 5.74) is 0. The lowest BCUT2D eigenvalue weighted by Crippen LogP contribution is -2.33. The molecule has 0 N–H and O–H groups in total. The van der Waals surface area contributed by atoms with Crippen LogP contribution in [0.15, 0.2) is 0 Å². The predicted octanol–water partition coefficient (Wildman–Crippen LogP) is 1.76. The fourth-order valence-corrected chi connectivity index (χ4v) is 2.53. The second-order valence-corrected chi connectivity index (χ2v) is 6.72. The molecule has 9 nitrogen and oxygen atoms in total. The lowest BCUT2D eigenvalue weighted by molar-refractivity contribution is -0.164. The standard InChI is InChI=1S/C20H34O9/c1-7-13(3)15(17(21)25-5)19(23)28-11-9-27-10-12-29-20(24)16(14(4)8-2)18(22)26-6/h13-16H,7-12H2,1-6H3. The van der Waals surface area contributed by atoms with Crippen LogP contribution >= 0.6 is 0 Å². The largest absolute Gasteiger partial charge is 0.468 e. The minimum absolute atomic E-state index is 0.0473. The van der Waals surface area contributed by atoms with E-state index >= 15 is 0 Å². The molecule has 0 aromatic rings. The Balaban J connectivity index is 4.24. The smallest absolute Gasteiger partial charge is 0.320 e. The summed E-state index contributed by atoms with van der Waals surface area (Å²) in [5.74, 6) is -4.92. The molecular weight excluding hydrogens is 384 g/mol. The van der Waals surface area contributed by atoms with Crippen molar-refractivity contribution in [3.63, 3.8) is 0 Å². The topological polar surface area (TPSA) is 114 Å². The molecule has 0 aromatic carbocycles. The molecule has 0 amide bonds. The number of rotatable bonds is 14. The first-order valence-corrected chi connectivity index (χ1v) is 9.81. The molecule has 0 aliphatic heterocycles. The normalized spacial score (nSPS) is 14.8. The first kappa shape index (κ1) is 26.8. The Hall–Kier alpha value is -2.16. The molecule has 0 saturated carbocycles. The van der Waals surface area contributed by atoms with Crippen LogP contribution in [0.2, 0.25) is 0 Å². The first-order chi connectivity index (χ1) is 13.7. The Kier molecular flexibility index (Phi) is 13.7. The molecule has 0 aliphatic carbocycles. The van der Waals surface area contributed by atoms with Gasteiger partial charge in [-0.3, -0.25) is 19.2 Å². The highest BCUT2D eigenvalue weighted by Gasteiger charge is 2.34. The molecule has 0 spiro atoms. The SMILES string of the molecule is CCC(C)C(C(=O)OC)C(=O)OCCOCCOC(=O)C(C(=O)OC)C(C)CC. The Morgan fingerprint density at radius 3 is 1.24 bits per heavy atom. The molecule has 0 aliphatic rings. The maximum Gasteiger partial charge on any atom is 0.320 e. The lowest BCUT2D eigenvalue weighted by Gasteiger charge is -2.19. The molecule has 0 saturated heterocycles. The van der Waals surface area contributed by atoms with Crippen molar-refractivity contribution in [3.8, 4) is 0 Å². The van der Waals surface area contributed by atoms with Crippen molar-refractivity contribution >= 4 is 23.9 Å². The molecule has 0 aromatic heterocycles. The van der Waals surface area contributed by atoms with Crippen LogP contribution in [0.4, 0.5) is 0 Å². The highest BCUT2D eigenvalue weighted by Crippen LogP contribution is 2.19. The second-order valence-electron chi connectivity index (χ2n) is 6.72. The van der Waals surface area contributed by atoms with Crippen LogP contribution in [0.25, 0.3) is 0 Å². The maximum absolute atomic E-state index is 12.1. The number of esters is 4. The van der Waals surface area contributed by atoms with Gasteiger partial charge in [0.15, 0.2) is 11.8 Å². The fourth-order valence-electron chi connectivity index (χ4n) is 2.53. The molecule has 9 heteroatoms. The van der Waals surface area contributed by atoms with Gasteiger partial charge in [0, 0.05) is 0 Å². The van der Waals surface area contributed by atoms with Gasteiger partial charge in [-0.1, -0.05) is 40.5 Å². The van der Waals surface area contributed by atoms with Crippen LogP contribution in [0.3, 0.4) is 0 Å². The van der Waals surface area contributed by atoms with Crippen LogP contribution < -0.4 is 0 Å². The van der Waals surface area contributed by atoms with Crippen molar-refractivity contribution in [2.24, 2.45) is 23.7 Å². The predicted molar refractivity (Wildman–Crippen MR) is 103 cm³/mol. The molecule has 29 heavy (non-hydrogen) atoms. The lowest BCUT2D eigenvalue weighted by atomic mass is 9.92. The molecule has 4 unspecified atom stereocenters. The summed E-state index contributed by atoms with van der Waals surface area (Å²) in [6, 6.07) is 0. The van der Waals surface area contributed by atoms with Gasteiger partial charge in [0.2, 0.25) is 0 Å². The van der Waals surface area contributed by atoms with Gasteiger partial charge < -0.3 is 23.7 Å². The summed E-state index contributed by atoms with van der Waals surface area (Å²) in [6.07, 6.45) is 1.25. The Bertz CT molecular complexity index is 486. The summed E-state index contributed by atoms with van der Waals surface area (Å²) in [4.78, 5) is 47.7. The van der Waals surface area contributed by atoms with Crippen molar-refractivity contribution < 1.29 is 42.9 Å². The van der Waals surface area contributed by atoms with E-state index in [2.05, 4.69) is 9.47 Å². The van der Waals surface area contributed by atoms with Crippen LogP contribution in [0, 0.1) is 23.7 Å². The van der Waals surface area contributed by atoms with Gasteiger partial charge in [-0.05, 0) is 11.8 Å². The summed E-state index contributed by atoms with van der Waals surface area (Å²) in [7, 11) is 2.45. The number of carbonyl (C=O) groups excluding carboxylic acids is 4. The average molecular weight is 418 g/mol. The molecule has 4 atom stereocenters. The molecule has 0 heterocycles. The zero-order chi connectivity index (χ0) is 22.4. The number of hydrogen-bond donors (Lipinski definition) is 0. The van der Waals surface area contributed by atoms with E-state index in [0.717, 1.165) is 0 Å². The first-order valence-electron chi connectivity index (χ1n) is 9.81. The van der Waals surface area contributed by atoms with E-state index < -0.39 is 35.7 Å². The van der Waals surface area contributed by atoms with Crippen molar-refractivity contribution in [1.82, 2.24) is 0 Å². The van der Waals surface area contributed by atoms with E-state index in [1.807, 2.05) is 13.8 Å². The van der Waals surface area contributed by atoms with E-state index in [0.29, 0.717) is 12.8 Å².